The van der Waals surface area contributed by atoms with E-state index in [0.717, 1.165) is 18.6 Å². The van der Waals surface area contributed by atoms with Gasteiger partial charge in [0.05, 0.1) is 10.8 Å². The van der Waals surface area contributed by atoms with Gasteiger partial charge < -0.3 is 15.5 Å². The van der Waals surface area contributed by atoms with E-state index in [0.29, 0.717) is 25.9 Å². The van der Waals surface area contributed by atoms with Gasteiger partial charge in [0.15, 0.2) is 0 Å². The Morgan fingerprint density at radius 2 is 1.79 bits per heavy atom. The van der Waals surface area contributed by atoms with Gasteiger partial charge in [0.1, 0.15) is 0 Å². The number of halogens is 3. The van der Waals surface area contributed by atoms with Crippen LogP contribution in [-0.2, 0) is 11.0 Å². The molecule has 28 heavy (non-hydrogen) atoms. The molecule has 0 aliphatic carbocycles. The molecular weight excluding hydrogens is 391 g/mol. The Labute approximate surface area is 168 Å². The molecule has 0 spiro atoms. The molecular formula is C19H26F3N3O2S. The zero-order valence-corrected chi connectivity index (χ0v) is 16.8. The van der Waals surface area contributed by atoms with E-state index in [4.69, 9.17) is 0 Å². The predicted octanol–water partition coefficient (Wildman–Crippen LogP) is 4.16. The summed E-state index contributed by atoms with van der Waals surface area (Å²) in [6, 6.07) is 3.70. The highest BCUT2D eigenvalue weighted by Crippen LogP contribution is 2.29. The number of thiol groups is 1. The van der Waals surface area contributed by atoms with Crippen molar-refractivity contribution in [1.82, 2.24) is 10.2 Å². The third kappa shape index (κ3) is 6.05. The molecule has 2 atom stereocenters. The highest BCUT2D eigenvalue weighted by Gasteiger charge is 2.31. The quantitative estimate of drug-likeness (QED) is 0.630. The Morgan fingerprint density at radius 3 is 2.29 bits per heavy atom. The van der Waals surface area contributed by atoms with Gasteiger partial charge in [-0.1, -0.05) is 20.3 Å². The van der Waals surface area contributed by atoms with Crippen molar-refractivity contribution in [2.45, 2.75) is 50.6 Å². The van der Waals surface area contributed by atoms with E-state index in [1.54, 1.807) is 4.90 Å². The first kappa shape index (κ1) is 22.4. The van der Waals surface area contributed by atoms with Crippen LogP contribution in [-0.4, -0.2) is 41.2 Å². The number of urea groups is 1. The van der Waals surface area contributed by atoms with E-state index < -0.39 is 17.8 Å². The molecule has 2 unspecified atom stereocenters. The summed E-state index contributed by atoms with van der Waals surface area (Å²) in [7, 11) is 0. The molecule has 1 heterocycles. The van der Waals surface area contributed by atoms with Crippen LogP contribution in [0.2, 0.25) is 0 Å². The van der Waals surface area contributed by atoms with Crippen LogP contribution in [0.4, 0.5) is 23.7 Å². The highest BCUT2D eigenvalue weighted by atomic mass is 32.1. The number of amides is 3. The topological polar surface area (TPSA) is 61.4 Å². The number of hydrogen-bond donors (Lipinski definition) is 3. The smallest absolute Gasteiger partial charge is 0.342 e. The number of rotatable bonds is 5. The van der Waals surface area contributed by atoms with Crippen molar-refractivity contribution in [2.24, 2.45) is 5.92 Å². The molecule has 2 rings (SSSR count). The number of benzene rings is 1. The third-order valence-corrected chi connectivity index (χ3v) is 5.78. The van der Waals surface area contributed by atoms with Gasteiger partial charge in [-0.15, -0.1) is 0 Å². The molecule has 5 nitrogen and oxygen atoms in total. The summed E-state index contributed by atoms with van der Waals surface area (Å²) in [4.78, 5) is 26.3. The van der Waals surface area contributed by atoms with Crippen molar-refractivity contribution in [2.75, 3.05) is 18.4 Å². The van der Waals surface area contributed by atoms with Crippen molar-refractivity contribution in [3.05, 3.63) is 29.8 Å². The van der Waals surface area contributed by atoms with Gasteiger partial charge in [-0.3, -0.25) is 4.79 Å². The standard InChI is InChI=1S/C19H26F3N3O2S/c1-3-12(2)16(28)17(26)25-10-8-15(9-11-25)24-18(27)23-14-6-4-13(5-7-14)19(20,21)22/h4-7,12,15-16,28H,3,8-11H2,1-2H3,(H2,23,24,27). The molecule has 0 radical (unpaired) electrons. The minimum atomic E-state index is -4.41. The summed E-state index contributed by atoms with van der Waals surface area (Å²) in [5.74, 6) is 0.214. The Balaban J connectivity index is 1.79. The number of nitrogens with one attached hydrogen (secondary N) is 2. The molecule has 156 valence electrons. The Bertz CT molecular complexity index is 674. The average molecular weight is 417 g/mol. The van der Waals surface area contributed by atoms with Gasteiger partial charge in [0, 0.05) is 24.8 Å². The van der Waals surface area contributed by atoms with E-state index in [-0.39, 0.29) is 28.8 Å². The van der Waals surface area contributed by atoms with Gasteiger partial charge in [0.2, 0.25) is 5.91 Å². The average Bonchev–Trinajstić information content (AvgIpc) is 2.66. The zero-order chi connectivity index (χ0) is 20.9. The second kappa shape index (κ2) is 9.54. The minimum Gasteiger partial charge on any atom is -0.342 e. The van der Waals surface area contributed by atoms with E-state index in [1.165, 1.54) is 12.1 Å². The molecule has 0 saturated carbocycles. The number of carbonyl (C=O) groups is 2. The number of piperidine rings is 1. The lowest BCUT2D eigenvalue weighted by atomic mass is 10.0. The molecule has 1 aliphatic heterocycles. The molecule has 2 N–H and O–H groups in total. The van der Waals surface area contributed by atoms with Crippen LogP contribution in [0, 0.1) is 5.92 Å². The molecule has 9 heteroatoms. The fourth-order valence-corrected chi connectivity index (χ4v) is 3.37. The number of anilines is 1. The summed E-state index contributed by atoms with van der Waals surface area (Å²) < 4.78 is 37.7. The molecule has 1 aromatic carbocycles. The van der Waals surface area contributed by atoms with Crippen molar-refractivity contribution in [1.29, 1.82) is 0 Å². The van der Waals surface area contributed by atoms with Crippen LogP contribution in [0.1, 0.15) is 38.7 Å². The highest BCUT2D eigenvalue weighted by molar-refractivity contribution is 7.81. The second-order valence-electron chi connectivity index (χ2n) is 7.10. The lowest BCUT2D eigenvalue weighted by Gasteiger charge is -2.34. The van der Waals surface area contributed by atoms with Crippen LogP contribution in [0.5, 0.6) is 0 Å². The number of carbonyl (C=O) groups excluding carboxylic acids is 2. The number of likely N-dealkylation sites (tertiary alicyclic amines) is 1. The first-order chi connectivity index (χ1) is 13.1. The normalized spacial score (nSPS) is 17.7. The first-order valence-electron chi connectivity index (χ1n) is 9.33. The lowest BCUT2D eigenvalue weighted by Crippen LogP contribution is -2.49. The SMILES string of the molecule is CCC(C)C(S)C(=O)N1CCC(NC(=O)Nc2ccc(C(F)(F)F)cc2)CC1. The molecule has 1 saturated heterocycles. The number of hydrogen-bond acceptors (Lipinski definition) is 3. The summed E-state index contributed by atoms with van der Waals surface area (Å²) in [5.41, 5.74) is -0.486. The van der Waals surface area contributed by atoms with E-state index in [9.17, 15) is 22.8 Å². The van der Waals surface area contributed by atoms with Crippen molar-refractivity contribution >= 4 is 30.3 Å². The molecule has 3 amide bonds. The fourth-order valence-electron chi connectivity index (χ4n) is 2.99. The van der Waals surface area contributed by atoms with E-state index in [1.807, 2.05) is 13.8 Å². The van der Waals surface area contributed by atoms with Crippen LogP contribution in [0.25, 0.3) is 0 Å². The van der Waals surface area contributed by atoms with Crippen molar-refractivity contribution < 1.29 is 22.8 Å². The molecule has 1 aliphatic rings. The van der Waals surface area contributed by atoms with Gasteiger partial charge in [-0.05, 0) is 43.0 Å². The molecule has 1 fully saturated rings. The fraction of sp³-hybridized carbons (Fsp3) is 0.579. The molecule has 0 bridgehead atoms. The minimum absolute atomic E-state index is 0.0188. The van der Waals surface area contributed by atoms with Crippen LogP contribution < -0.4 is 10.6 Å². The van der Waals surface area contributed by atoms with Crippen LogP contribution >= 0.6 is 12.6 Å². The van der Waals surface area contributed by atoms with E-state index >= 15 is 0 Å². The maximum atomic E-state index is 12.6. The Hall–Kier alpha value is -1.90. The molecule has 0 aromatic heterocycles. The van der Waals surface area contributed by atoms with Crippen molar-refractivity contribution in [3.63, 3.8) is 0 Å². The Kier molecular flexibility index (Phi) is 7.63. The summed E-state index contributed by atoms with van der Waals surface area (Å²) in [5, 5.41) is 5.02. The predicted molar refractivity (Wildman–Crippen MR) is 105 cm³/mol. The second-order valence-corrected chi connectivity index (χ2v) is 7.66. The summed E-state index contributed by atoms with van der Waals surface area (Å²) >= 11 is 4.43. The van der Waals surface area contributed by atoms with E-state index in [2.05, 4.69) is 23.3 Å². The summed E-state index contributed by atoms with van der Waals surface area (Å²) in [6.45, 7) is 5.09. The van der Waals surface area contributed by atoms with Gasteiger partial charge in [-0.2, -0.15) is 25.8 Å². The van der Waals surface area contributed by atoms with Crippen LogP contribution in [0.15, 0.2) is 24.3 Å². The van der Waals surface area contributed by atoms with Gasteiger partial charge in [-0.25, -0.2) is 4.79 Å². The summed E-state index contributed by atoms with van der Waals surface area (Å²) in [6.07, 6.45) is -2.30. The van der Waals surface area contributed by atoms with Crippen molar-refractivity contribution in [3.8, 4) is 0 Å². The van der Waals surface area contributed by atoms with Gasteiger partial charge >= 0.3 is 12.2 Å². The van der Waals surface area contributed by atoms with Crippen LogP contribution in [0.3, 0.4) is 0 Å². The largest absolute Gasteiger partial charge is 0.416 e. The lowest BCUT2D eigenvalue weighted by molar-refractivity contribution is -0.137. The molecule has 1 aromatic rings. The maximum Gasteiger partial charge on any atom is 0.416 e. The zero-order valence-electron chi connectivity index (χ0n) is 15.9. The number of nitrogens with zero attached hydrogens (tertiary/aromatic N) is 1. The maximum absolute atomic E-state index is 12.6. The number of alkyl halides is 3. The first-order valence-corrected chi connectivity index (χ1v) is 9.85. The third-order valence-electron chi connectivity index (χ3n) is 5.05. The van der Waals surface area contributed by atoms with Gasteiger partial charge in [0.25, 0.3) is 0 Å². The Morgan fingerprint density at radius 1 is 1.21 bits per heavy atom. The monoisotopic (exact) mass is 417 g/mol.